The topological polar surface area (TPSA) is 66.5 Å². The van der Waals surface area contributed by atoms with E-state index in [9.17, 15) is 22.0 Å². The van der Waals surface area contributed by atoms with Crippen molar-refractivity contribution < 1.29 is 22.0 Å². The monoisotopic (exact) mass is 380 g/mol. The van der Waals surface area contributed by atoms with Gasteiger partial charge in [-0.3, -0.25) is 4.79 Å². The third kappa shape index (κ3) is 4.08. The zero-order chi connectivity index (χ0) is 18.7. The summed E-state index contributed by atoms with van der Waals surface area (Å²) in [4.78, 5) is 12.2. The van der Waals surface area contributed by atoms with Crippen molar-refractivity contribution >= 4 is 21.6 Å². The summed E-state index contributed by atoms with van der Waals surface area (Å²) < 4.78 is 53.3. The first kappa shape index (κ1) is 18.5. The Morgan fingerprint density at radius 2 is 1.58 bits per heavy atom. The molecule has 1 N–H and O–H groups in total. The predicted octanol–water partition coefficient (Wildman–Crippen LogP) is 3.14. The minimum absolute atomic E-state index is 0.142. The largest absolute Gasteiger partial charge is 0.317 e. The highest BCUT2D eigenvalue weighted by atomic mass is 32.2. The number of carbonyl (C=O) groups is 1. The van der Waals surface area contributed by atoms with Crippen LogP contribution in [0.3, 0.4) is 0 Å². The van der Waals surface area contributed by atoms with Gasteiger partial charge in [0.2, 0.25) is 10.0 Å². The fourth-order valence-electron chi connectivity index (χ4n) is 2.82. The van der Waals surface area contributed by atoms with Gasteiger partial charge in [-0.05, 0) is 42.7 Å². The van der Waals surface area contributed by atoms with Crippen LogP contribution < -0.4 is 5.32 Å². The Labute approximate surface area is 150 Å². The highest BCUT2D eigenvalue weighted by Crippen LogP contribution is 2.20. The van der Waals surface area contributed by atoms with Crippen molar-refractivity contribution in [2.75, 3.05) is 18.4 Å². The highest BCUT2D eigenvalue weighted by Gasteiger charge is 2.25. The number of hydrogen-bond acceptors (Lipinski definition) is 3. The van der Waals surface area contributed by atoms with E-state index in [1.165, 1.54) is 34.6 Å². The Balaban J connectivity index is 1.70. The maximum absolute atomic E-state index is 13.6. The van der Waals surface area contributed by atoms with Crippen molar-refractivity contribution in [1.82, 2.24) is 4.31 Å². The van der Waals surface area contributed by atoms with Crippen LogP contribution in [0.2, 0.25) is 0 Å². The Morgan fingerprint density at radius 3 is 2.15 bits per heavy atom. The van der Waals surface area contributed by atoms with Gasteiger partial charge in [0.25, 0.3) is 5.91 Å². The van der Waals surface area contributed by atoms with Crippen LogP contribution in [0, 0.1) is 11.6 Å². The second-order valence-electron chi connectivity index (χ2n) is 6.11. The van der Waals surface area contributed by atoms with E-state index in [4.69, 9.17) is 0 Å². The Hall–Kier alpha value is -2.32. The van der Waals surface area contributed by atoms with Crippen molar-refractivity contribution in [3.63, 3.8) is 0 Å². The summed E-state index contributed by atoms with van der Waals surface area (Å²) in [5.74, 6) is -2.56. The summed E-state index contributed by atoms with van der Waals surface area (Å²) >= 11 is 0. The molecule has 0 atom stereocenters. The molecule has 0 aromatic heterocycles. The van der Waals surface area contributed by atoms with Crippen LogP contribution in [0.4, 0.5) is 14.5 Å². The molecule has 0 saturated carbocycles. The standard InChI is InChI=1S/C18H18F2N2O3S/c19-15-4-3-5-16(20)17(15)21-18(23)14-8-6-13(7-9-14)12-26(24,25)22-10-1-2-11-22/h3-9H,1-2,10-12H2,(H,21,23). The molecule has 0 spiro atoms. The molecule has 0 unspecified atom stereocenters. The van der Waals surface area contributed by atoms with E-state index in [-0.39, 0.29) is 11.3 Å². The van der Waals surface area contributed by atoms with Crippen LogP contribution in [0.1, 0.15) is 28.8 Å². The number of nitrogens with one attached hydrogen (secondary N) is 1. The third-order valence-electron chi connectivity index (χ3n) is 4.22. The summed E-state index contributed by atoms with van der Waals surface area (Å²) in [6.07, 6.45) is 1.73. The Bertz CT molecular complexity index is 888. The van der Waals surface area contributed by atoms with Crippen LogP contribution >= 0.6 is 0 Å². The second kappa shape index (κ2) is 7.51. The molecule has 0 bridgehead atoms. The molecule has 3 rings (SSSR count). The number of halogens is 2. The van der Waals surface area contributed by atoms with Gasteiger partial charge < -0.3 is 5.32 Å². The lowest BCUT2D eigenvalue weighted by atomic mass is 10.1. The van der Waals surface area contributed by atoms with Gasteiger partial charge in [-0.15, -0.1) is 0 Å². The van der Waals surface area contributed by atoms with Crippen molar-refractivity contribution in [3.8, 4) is 0 Å². The molecular weight excluding hydrogens is 362 g/mol. The lowest BCUT2D eigenvalue weighted by Crippen LogP contribution is -2.29. The van der Waals surface area contributed by atoms with E-state index in [1.54, 1.807) is 0 Å². The molecule has 1 heterocycles. The molecule has 0 radical (unpaired) electrons. The molecule has 8 heteroatoms. The minimum Gasteiger partial charge on any atom is -0.317 e. The van der Waals surface area contributed by atoms with Crippen LogP contribution in [0.5, 0.6) is 0 Å². The molecule has 1 fully saturated rings. The van der Waals surface area contributed by atoms with Crippen LogP contribution in [0.15, 0.2) is 42.5 Å². The van der Waals surface area contributed by atoms with Gasteiger partial charge in [0, 0.05) is 18.7 Å². The molecule has 0 aliphatic carbocycles. The third-order valence-corrected chi connectivity index (χ3v) is 6.07. The second-order valence-corrected chi connectivity index (χ2v) is 8.08. The average Bonchev–Trinajstić information content (AvgIpc) is 3.14. The van der Waals surface area contributed by atoms with Crippen molar-refractivity contribution in [2.24, 2.45) is 0 Å². The van der Waals surface area contributed by atoms with Gasteiger partial charge in [-0.2, -0.15) is 0 Å². The molecule has 1 amide bonds. The van der Waals surface area contributed by atoms with Gasteiger partial charge in [-0.1, -0.05) is 18.2 Å². The summed E-state index contributed by atoms with van der Waals surface area (Å²) in [5.41, 5.74) is 0.207. The number of carbonyl (C=O) groups excluding carboxylic acids is 1. The van der Waals surface area contributed by atoms with Crippen molar-refractivity contribution in [2.45, 2.75) is 18.6 Å². The quantitative estimate of drug-likeness (QED) is 0.867. The summed E-state index contributed by atoms with van der Waals surface area (Å²) in [5, 5.41) is 2.19. The van der Waals surface area contributed by atoms with Crippen molar-refractivity contribution in [3.05, 3.63) is 65.2 Å². The Kier molecular flexibility index (Phi) is 5.33. The van der Waals surface area contributed by atoms with E-state index in [1.807, 2.05) is 0 Å². The smallest absolute Gasteiger partial charge is 0.255 e. The molecule has 26 heavy (non-hydrogen) atoms. The summed E-state index contributed by atoms with van der Waals surface area (Å²) in [7, 11) is -3.37. The molecule has 2 aromatic rings. The number of amides is 1. The first-order valence-corrected chi connectivity index (χ1v) is 9.80. The van der Waals surface area contributed by atoms with Crippen LogP contribution in [-0.4, -0.2) is 31.7 Å². The molecule has 5 nitrogen and oxygen atoms in total. The molecule has 138 valence electrons. The zero-order valence-electron chi connectivity index (χ0n) is 13.9. The number of sulfonamides is 1. The van der Waals surface area contributed by atoms with E-state index in [0.717, 1.165) is 25.0 Å². The first-order valence-electron chi connectivity index (χ1n) is 8.19. The van der Waals surface area contributed by atoms with Gasteiger partial charge in [-0.25, -0.2) is 21.5 Å². The molecule has 1 aliphatic heterocycles. The average molecular weight is 380 g/mol. The minimum atomic E-state index is -3.37. The molecule has 2 aromatic carbocycles. The zero-order valence-corrected chi connectivity index (χ0v) is 14.7. The molecular formula is C18H18F2N2O3S. The van der Waals surface area contributed by atoms with Crippen LogP contribution in [0.25, 0.3) is 0 Å². The number of rotatable bonds is 5. The number of nitrogens with zero attached hydrogens (tertiary/aromatic N) is 1. The lowest BCUT2D eigenvalue weighted by Gasteiger charge is -2.15. The molecule has 1 aliphatic rings. The highest BCUT2D eigenvalue weighted by molar-refractivity contribution is 7.88. The fraction of sp³-hybridized carbons (Fsp3) is 0.278. The summed E-state index contributed by atoms with van der Waals surface area (Å²) in [6, 6.07) is 9.22. The maximum Gasteiger partial charge on any atom is 0.255 e. The number of anilines is 1. The van der Waals surface area contributed by atoms with Gasteiger partial charge in [0.1, 0.15) is 17.3 Å². The first-order chi connectivity index (χ1) is 12.4. The SMILES string of the molecule is O=C(Nc1c(F)cccc1F)c1ccc(CS(=O)(=O)N2CCCC2)cc1. The van der Waals surface area contributed by atoms with Crippen LogP contribution in [-0.2, 0) is 15.8 Å². The summed E-state index contributed by atoms with van der Waals surface area (Å²) in [6.45, 7) is 1.08. The number of para-hydroxylation sites is 1. The van der Waals surface area contributed by atoms with E-state index >= 15 is 0 Å². The van der Waals surface area contributed by atoms with E-state index in [2.05, 4.69) is 5.32 Å². The molecule has 1 saturated heterocycles. The lowest BCUT2D eigenvalue weighted by molar-refractivity contribution is 0.102. The maximum atomic E-state index is 13.6. The number of hydrogen-bond donors (Lipinski definition) is 1. The predicted molar refractivity (Wildman–Crippen MR) is 94.2 cm³/mol. The van der Waals surface area contributed by atoms with E-state index < -0.39 is 33.3 Å². The number of benzene rings is 2. The Morgan fingerprint density at radius 1 is 1.00 bits per heavy atom. The fourth-order valence-corrected chi connectivity index (χ4v) is 4.43. The van der Waals surface area contributed by atoms with Gasteiger partial charge in [0.15, 0.2) is 0 Å². The van der Waals surface area contributed by atoms with Gasteiger partial charge in [0.05, 0.1) is 5.75 Å². The van der Waals surface area contributed by atoms with E-state index in [0.29, 0.717) is 18.7 Å². The van der Waals surface area contributed by atoms with Gasteiger partial charge >= 0.3 is 0 Å². The normalized spacial score (nSPS) is 15.2. The van der Waals surface area contributed by atoms with Crippen molar-refractivity contribution in [1.29, 1.82) is 0 Å².